The molecule has 0 amide bonds. The minimum absolute atomic E-state index is 0.0480. The predicted octanol–water partition coefficient (Wildman–Crippen LogP) is 2.06. The first kappa shape index (κ1) is 21.3. The highest BCUT2D eigenvalue weighted by molar-refractivity contribution is 7.89. The lowest BCUT2D eigenvalue weighted by molar-refractivity contribution is -0.150. The van der Waals surface area contributed by atoms with E-state index in [4.69, 9.17) is 9.47 Å². The lowest BCUT2D eigenvalue weighted by Gasteiger charge is -2.29. The third-order valence-electron chi connectivity index (χ3n) is 5.06. The van der Waals surface area contributed by atoms with Crippen LogP contribution in [0.3, 0.4) is 0 Å². The highest BCUT2D eigenvalue weighted by Crippen LogP contribution is 2.24. The van der Waals surface area contributed by atoms with Crippen LogP contribution in [0.4, 0.5) is 0 Å². The van der Waals surface area contributed by atoms with Crippen LogP contribution < -0.4 is 4.74 Å². The van der Waals surface area contributed by atoms with Gasteiger partial charge in [0.05, 0.1) is 5.92 Å². The van der Waals surface area contributed by atoms with E-state index in [0.29, 0.717) is 18.7 Å². The summed E-state index contributed by atoms with van der Waals surface area (Å²) in [7, 11) is -1.88. The number of esters is 1. The molecule has 2 aromatic rings. The highest BCUT2D eigenvalue weighted by atomic mass is 32.2. The topological polar surface area (TPSA) is 90.7 Å². The summed E-state index contributed by atoms with van der Waals surface area (Å²) in [5, 5.41) is 0.0480. The van der Waals surface area contributed by atoms with Crippen molar-refractivity contribution in [3.63, 3.8) is 0 Å². The van der Waals surface area contributed by atoms with Crippen LogP contribution in [0, 0.1) is 19.8 Å². The fraction of sp³-hybridized carbons (Fsp3) is 0.500. The van der Waals surface area contributed by atoms with Crippen LogP contribution in [0.2, 0.25) is 0 Å². The van der Waals surface area contributed by atoms with Crippen molar-refractivity contribution < 1.29 is 22.7 Å². The van der Waals surface area contributed by atoms with Crippen LogP contribution in [0.1, 0.15) is 24.2 Å². The molecule has 0 radical (unpaired) electrons. The number of ether oxygens (including phenoxy) is 2. The van der Waals surface area contributed by atoms with Crippen molar-refractivity contribution in [1.82, 2.24) is 13.9 Å². The molecule has 1 aromatic heterocycles. The van der Waals surface area contributed by atoms with Crippen molar-refractivity contribution in [2.45, 2.75) is 31.7 Å². The minimum atomic E-state index is -3.64. The molecule has 1 aliphatic rings. The summed E-state index contributed by atoms with van der Waals surface area (Å²) in [6.07, 6.45) is 2.38. The van der Waals surface area contributed by atoms with E-state index in [0.717, 1.165) is 11.3 Å². The Morgan fingerprint density at radius 3 is 2.55 bits per heavy atom. The van der Waals surface area contributed by atoms with E-state index in [1.165, 1.54) is 10.5 Å². The van der Waals surface area contributed by atoms with Crippen LogP contribution in [0.15, 0.2) is 35.5 Å². The van der Waals surface area contributed by atoms with Crippen molar-refractivity contribution >= 4 is 16.0 Å². The van der Waals surface area contributed by atoms with Gasteiger partial charge in [0.15, 0.2) is 5.03 Å². The van der Waals surface area contributed by atoms with E-state index in [1.54, 1.807) is 18.5 Å². The SMILES string of the molecule is Cc1cccc(OCCOC(=O)C2CCN(S(=O)(=O)c3cn(C)c(C)n3)CC2)c1. The number of hydrogen-bond acceptors (Lipinski definition) is 6. The van der Waals surface area contributed by atoms with Gasteiger partial charge in [-0.2, -0.15) is 4.31 Å². The summed E-state index contributed by atoms with van der Waals surface area (Å²) in [6.45, 7) is 4.73. The number of carbonyl (C=O) groups is 1. The molecule has 9 heteroatoms. The lowest BCUT2D eigenvalue weighted by Crippen LogP contribution is -2.40. The Labute approximate surface area is 171 Å². The summed E-state index contributed by atoms with van der Waals surface area (Å²) in [5.41, 5.74) is 1.10. The molecule has 1 fully saturated rings. The molecule has 3 rings (SSSR count). The molecule has 158 valence electrons. The molecule has 1 aromatic carbocycles. The lowest BCUT2D eigenvalue weighted by atomic mass is 9.98. The standard InChI is InChI=1S/C20H27N3O5S/c1-15-5-4-6-18(13-15)27-11-12-28-20(24)17-7-9-23(10-8-17)29(25,26)19-14-22(3)16(2)21-19/h4-6,13-14,17H,7-12H2,1-3H3. The fourth-order valence-corrected chi connectivity index (χ4v) is 4.73. The number of rotatable bonds is 7. The van der Waals surface area contributed by atoms with Gasteiger partial charge < -0.3 is 14.0 Å². The number of aryl methyl sites for hydroxylation is 3. The Morgan fingerprint density at radius 2 is 1.93 bits per heavy atom. The summed E-state index contributed by atoms with van der Waals surface area (Å²) in [5.74, 6) is 0.772. The van der Waals surface area contributed by atoms with Crippen LogP contribution in [0.25, 0.3) is 0 Å². The van der Waals surface area contributed by atoms with Crippen LogP contribution >= 0.6 is 0 Å². The molecule has 0 unspecified atom stereocenters. The number of nitrogens with zero attached hydrogens (tertiary/aromatic N) is 3. The zero-order valence-electron chi connectivity index (χ0n) is 17.0. The van der Waals surface area contributed by atoms with Gasteiger partial charge in [-0.15, -0.1) is 0 Å². The number of aromatic nitrogens is 2. The fourth-order valence-electron chi connectivity index (χ4n) is 3.24. The van der Waals surface area contributed by atoms with E-state index in [1.807, 2.05) is 31.2 Å². The summed E-state index contributed by atoms with van der Waals surface area (Å²) < 4.78 is 39.4. The second-order valence-corrected chi connectivity index (χ2v) is 9.13. The molecule has 0 saturated carbocycles. The number of hydrogen-bond donors (Lipinski definition) is 0. The normalized spacial score (nSPS) is 16.0. The first-order valence-corrected chi connectivity index (χ1v) is 11.1. The van der Waals surface area contributed by atoms with Gasteiger partial charge in [-0.05, 0) is 44.4 Å². The zero-order valence-corrected chi connectivity index (χ0v) is 17.8. The van der Waals surface area contributed by atoms with Crippen molar-refractivity contribution in [1.29, 1.82) is 0 Å². The molecule has 1 aliphatic heterocycles. The Kier molecular flexibility index (Phi) is 6.59. The van der Waals surface area contributed by atoms with Crippen molar-refractivity contribution in [3.05, 3.63) is 41.9 Å². The third-order valence-corrected chi connectivity index (χ3v) is 6.83. The van der Waals surface area contributed by atoms with Gasteiger partial charge in [0.1, 0.15) is 24.8 Å². The van der Waals surface area contributed by atoms with Crippen molar-refractivity contribution in [2.75, 3.05) is 26.3 Å². The Balaban J connectivity index is 1.44. The van der Waals surface area contributed by atoms with Gasteiger partial charge >= 0.3 is 5.97 Å². The molecule has 2 heterocycles. The Morgan fingerprint density at radius 1 is 1.21 bits per heavy atom. The number of imidazole rings is 1. The van der Waals surface area contributed by atoms with E-state index in [-0.39, 0.29) is 43.2 Å². The van der Waals surface area contributed by atoms with E-state index in [2.05, 4.69) is 4.98 Å². The van der Waals surface area contributed by atoms with Gasteiger partial charge in [0, 0.05) is 26.3 Å². The molecule has 0 aliphatic carbocycles. The number of piperidine rings is 1. The second kappa shape index (κ2) is 8.96. The quantitative estimate of drug-likeness (QED) is 0.502. The maximum Gasteiger partial charge on any atom is 0.309 e. The van der Waals surface area contributed by atoms with E-state index < -0.39 is 10.0 Å². The molecular formula is C20H27N3O5S. The highest BCUT2D eigenvalue weighted by Gasteiger charge is 2.34. The molecular weight excluding hydrogens is 394 g/mol. The van der Waals surface area contributed by atoms with E-state index >= 15 is 0 Å². The third kappa shape index (κ3) is 5.16. The Hall–Kier alpha value is -2.39. The average Bonchev–Trinajstić information content (AvgIpc) is 3.05. The number of sulfonamides is 1. The molecule has 29 heavy (non-hydrogen) atoms. The molecule has 8 nitrogen and oxygen atoms in total. The van der Waals surface area contributed by atoms with Gasteiger partial charge in [-0.1, -0.05) is 12.1 Å². The summed E-state index contributed by atoms with van der Waals surface area (Å²) in [4.78, 5) is 16.4. The van der Waals surface area contributed by atoms with Crippen LogP contribution in [-0.2, 0) is 26.6 Å². The minimum Gasteiger partial charge on any atom is -0.490 e. The maximum absolute atomic E-state index is 12.7. The first-order chi connectivity index (χ1) is 13.8. The molecule has 0 N–H and O–H groups in total. The van der Waals surface area contributed by atoms with Crippen LogP contribution in [0.5, 0.6) is 5.75 Å². The zero-order chi connectivity index (χ0) is 21.0. The first-order valence-electron chi connectivity index (χ1n) is 9.63. The van der Waals surface area contributed by atoms with Gasteiger partial charge in [0.2, 0.25) is 0 Å². The average molecular weight is 422 g/mol. The number of benzene rings is 1. The second-order valence-electron chi connectivity index (χ2n) is 7.25. The molecule has 0 spiro atoms. The summed E-state index contributed by atoms with van der Waals surface area (Å²) >= 11 is 0. The largest absolute Gasteiger partial charge is 0.490 e. The smallest absolute Gasteiger partial charge is 0.309 e. The predicted molar refractivity (Wildman–Crippen MR) is 107 cm³/mol. The van der Waals surface area contributed by atoms with Crippen molar-refractivity contribution in [3.8, 4) is 5.75 Å². The summed E-state index contributed by atoms with van der Waals surface area (Å²) in [6, 6.07) is 7.66. The van der Waals surface area contributed by atoms with Crippen LogP contribution in [-0.4, -0.2) is 54.5 Å². The van der Waals surface area contributed by atoms with E-state index in [9.17, 15) is 13.2 Å². The van der Waals surface area contributed by atoms with Gasteiger partial charge in [-0.3, -0.25) is 4.79 Å². The van der Waals surface area contributed by atoms with Gasteiger partial charge in [0.25, 0.3) is 10.0 Å². The molecule has 0 bridgehead atoms. The number of carbonyl (C=O) groups excluding carboxylic acids is 1. The monoisotopic (exact) mass is 421 g/mol. The van der Waals surface area contributed by atoms with Crippen molar-refractivity contribution in [2.24, 2.45) is 13.0 Å². The molecule has 1 saturated heterocycles. The maximum atomic E-state index is 12.7. The molecule has 0 atom stereocenters. The van der Waals surface area contributed by atoms with Gasteiger partial charge in [-0.25, -0.2) is 13.4 Å². The Bertz CT molecular complexity index is 943.